The van der Waals surface area contributed by atoms with E-state index in [1.54, 1.807) is 6.92 Å². The summed E-state index contributed by atoms with van der Waals surface area (Å²) in [5, 5.41) is 0. The van der Waals surface area contributed by atoms with Gasteiger partial charge in [-0.2, -0.15) is 0 Å². The summed E-state index contributed by atoms with van der Waals surface area (Å²) < 4.78 is 11.0. The number of hydrogen-bond acceptors (Lipinski definition) is 8. The first-order chi connectivity index (χ1) is 30.9. The summed E-state index contributed by atoms with van der Waals surface area (Å²) in [5.41, 5.74) is 9.10. The van der Waals surface area contributed by atoms with Crippen molar-refractivity contribution >= 4 is 68.6 Å². The molecular formula is C55H74MgN4O6. The van der Waals surface area contributed by atoms with Gasteiger partial charge in [0.25, 0.3) is 0 Å². The minimum atomic E-state index is -1.25. The van der Waals surface area contributed by atoms with Gasteiger partial charge in [-0.15, -0.1) is 22.1 Å². The van der Waals surface area contributed by atoms with Gasteiger partial charge in [0.2, 0.25) is 0 Å². The van der Waals surface area contributed by atoms with Crippen molar-refractivity contribution in [1.29, 1.82) is 0 Å². The summed E-state index contributed by atoms with van der Waals surface area (Å²) in [6.07, 6.45) is 14.5. The average Bonchev–Trinajstić information content (AvgIpc) is 4.00. The molecule has 0 saturated carbocycles. The van der Waals surface area contributed by atoms with Crippen LogP contribution in [0.2, 0.25) is 0 Å². The second-order valence-electron chi connectivity index (χ2n) is 20.2. The van der Waals surface area contributed by atoms with Crippen LogP contribution in [0.4, 0.5) is 0 Å². The van der Waals surface area contributed by atoms with Gasteiger partial charge >= 0.3 is 35.0 Å². The normalized spacial score (nSPS) is 20.0. The molecule has 0 aromatic carbocycles. The third kappa shape index (κ3) is 11.8. The Balaban J connectivity index is 0.00000817. The van der Waals surface area contributed by atoms with E-state index in [9.17, 15) is 19.2 Å². The molecule has 0 N–H and O–H groups in total. The molecule has 352 valence electrons. The molecule has 0 fully saturated rings. The van der Waals surface area contributed by atoms with Crippen molar-refractivity contribution in [2.24, 2.45) is 17.8 Å². The second-order valence-corrected chi connectivity index (χ2v) is 20.2. The van der Waals surface area contributed by atoms with Crippen molar-refractivity contribution < 1.29 is 28.7 Å². The maximum absolute atomic E-state index is 14.4. The van der Waals surface area contributed by atoms with Gasteiger partial charge in [0.1, 0.15) is 12.5 Å². The third-order valence-corrected chi connectivity index (χ3v) is 14.8. The number of esters is 2. The number of ether oxygens (including phenoxy) is 2. The topological polar surface area (TPSA) is 141 Å². The van der Waals surface area contributed by atoms with Gasteiger partial charge in [0, 0.05) is 64.0 Å². The number of carbonyl (C=O) groups excluding carboxylic acids is 4. The Morgan fingerprint density at radius 3 is 2.00 bits per heavy atom. The number of nitrogens with zero attached hydrogens (tertiary/aromatic N) is 4. The van der Waals surface area contributed by atoms with E-state index >= 15 is 0 Å². The van der Waals surface area contributed by atoms with Crippen LogP contribution >= 0.6 is 0 Å². The van der Waals surface area contributed by atoms with Crippen molar-refractivity contribution in [2.45, 2.75) is 183 Å². The maximum Gasteiger partial charge on any atom is 2.00 e. The number of allylic oxidation sites excluding steroid dienone is 1. The first-order valence-corrected chi connectivity index (χ1v) is 24.6. The number of fused-ring (bicyclic) bond motifs is 8. The van der Waals surface area contributed by atoms with Crippen LogP contribution in [0.5, 0.6) is 0 Å². The summed E-state index contributed by atoms with van der Waals surface area (Å²) in [4.78, 5) is 75.0. The molecule has 7 unspecified atom stereocenters. The zero-order valence-electron chi connectivity index (χ0n) is 42.1. The largest absolute Gasteiger partial charge is 2.00 e. The number of rotatable bonds is 20. The number of carbonyl (C=O) groups is 4. The van der Waals surface area contributed by atoms with Gasteiger partial charge in [0.05, 0.1) is 7.11 Å². The van der Waals surface area contributed by atoms with E-state index in [-0.39, 0.29) is 77.3 Å². The second kappa shape index (κ2) is 23.3. The predicted molar refractivity (Wildman–Crippen MR) is 265 cm³/mol. The molecule has 6 rings (SSSR count). The molecule has 0 saturated heterocycles. The first-order valence-electron chi connectivity index (χ1n) is 24.6. The van der Waals surface area contributed by atoms with Gasteiger partial charge in [-0.25, -0.2) is 0 Å². The van der Waals surface area contributed by atoms with Crippen LogP contribution in [-0.2, 0) is 19.1 Å². The molecule has 8 bridgehead atoms. The molecule has 2 aliphatic heterocycles. The van der Waals surface area contributed by atoms with Crippen LogP contribution < -0.4 is 9.97 Å². The summed E-state index contributed by atoms with van der Waals surface area (Å²) in [5.74, 6) is -0.869. The quantitative estimate of drug-likeness (QED) is 0.0354. The van der Waals surface area contributed by atoms with Crippen LogP contribution in [0, 0.1) is 31.6 Å². The summed E-state index contributed by atoms with van der Waals surface area (Å²) >= 11 is 0. The fraction of sp³-hybridized carbons (Fsp3) is 0.600. The Bertz CT molecular complexity index is 2460. The first kappa shape index (κ1) is 52.9. The Kier molecular flexibility index (Phi) is 18.6. The minimum Gasteiger partial charge on any atom is -0.657 e. The Labute approximate surface area is 409 Å². The Morgan fingerprint density at radius 1 is 0.773 bits per heavy atom. The van der Waals surface area contributed by atoms with E-state index in [1.165, 1.54) is 57.6 Å². The van der Waals surface area contributed by atoms with Gasteiger partial charge in [0.15, 0.2) is 11.6 Å². The zero-order valence-corrected chi connectivity index (χ0v) is 43.5. The van der Waals surface area contributed by atoms with Crippen molar-refractivity contribution in [1.82, 2.24) is 19.9 Å². The Morgan fingerprint density at radius 2 is 1.36 bits per heavy atom. The molecule has 0 radical (unpaired) electrons. The van der Waals surface area contributed by atoms with Crippen LogP contribution in [-0.4, -0.2) is 70.2 Å². The van der Waals surface area contributed by atoms with E-state index in [0.29, 0.717) is 68.0 Å². The maximum atomic E-state index is 14.4. The molecule has 0 amide bonds. The third-order valence-electron chi connectivity index (χ3n) is 14.8. The number of Topliss-reactive ketones (excluding diaryl/α,β-unsaturated/α-hetero) is 2. The molecule has 3 aromatic heterocycles. The van der Waals surface area contributed by atoms with Gasteiger partial charge in [-0.1, -0.05) is 128 Å². The number of aryl methyl sites for hydroxylation is 2. The van der Waals surface area contributed by atoms with Crippen molar-refractivity contribution in [3.05, 3.63) is 80.4 Å². The number of methoxy groups -OCH3 is 1. The van der Waals surface area contributed by atoms with E-state index in [2.05, 4.69) is 48.5 Å². The minimum absolute atomic E-state index is 0. The van der Waals surface area contributed by atoms with Crippen LogP contribution in [0.1, 0.15) is 229 Å². The average molecular weight is 912 g/mol. The predicted octanol–water partition coefficient (Wildman–Crippen LogP) is 12.4. The number of ketones is 2. The van der Waals surface area contributed by atoms with Crippen LogP contribution in [0.3, 0.4) is 0 Å². The smallest absolute Gasteiger partial charge is 0.657 e. The number of hydrogen-bond donors (Lipinski definition) is 0. The van der Waals surface area contributed by atoms with Crippen LogP contribution in [0.25, 0.3) is 22.1 Å². The monoisotopic (exact) mass is 911 g/mol. The molecule has 3 aliphatic rings. The van der Waals surface area contributed by atoms with E-state index in [0.717, 1.165) is 48.0 Å². The molecule has 11 heteroatoms. The molecule has 7 atom stereocenters. The summed E-state index contributed by atoms with van der Waals surface area (Å²) in [6.45, 7) is 23.3. The summed E-state index contributed by atoms with van der Waals surface area (Å²) in [6, 6.07) is 5.79. The number of aromatic nitrogens is 4. The molecule has 0 spiro atoms. The summed E-state index contributed by atoms with van der Waals surface area (Å²) in [7, 11) is 1.28. The SMILES string of the molecule is CCC1c2cc3[n-]c4c(c3C)C(=O)C(C(=O)OC)c4c3nc(cc4[n-]c(cc(n2)C1C)c(C(C)=O)c4C)C(C)C3CCC(=O)OCC=C(C)CCCC(C)CCCC(C)CCCC(C)C.[Mg+2]. The van der Waals surface area contributed by atoms with Gasteiger partial charge in [-0.3, -0.25) is 29.1 Å². The van der Waals surface area contributed by atoms with Crippen molar-refractivity contribution in [2.75, 3.05) is 13.7 Å². The van der Waals surface area contributed by atoms with Gasteiger partial charge in [-0.05, 0) is 82.8 Å². The Hall–Kier alpha value is -4.09. The molecule has 66 heavy (non-hydrogen) atoms. The van der Waals surface area contributed by atoms with Gasteiger partial charge < -0.3 is 19.4 Å². The van der Waals surface area contributed by atoms with Crippen molar-refractivity contribution in [3.63, 3.8) is 0 Å². The van der Waals surface area contributed by atoms with E-state index in [1.807, 2.05) is 45.0 Å². The fourth-order valence-electron chi connectivity index (χ4n) is 10.6. The van der Waals surface area contributed by atoms with Crippen LogP contribution in [0.15, 0.2) is 29.8 Å². The fourth-order valence-corrected chi connectivity index (χ4v) is 10.6. The zero-order chi connectivity index (χ0) is 47.3. The van der Waals surface area contributed by atoms with E-state index in [4.69, 9.17) is 29.4 Å². The molecule has 5 heterocycles. The molecule has 3 aromatic rings. The van der Waals surface area contributed by atoms with Crippen molar-refractivity contribution in [3.8, 4) is 0 Å². The molecule has 1 aliphatic carbocycles. The molecule has 10 nitrogen and oxygen atoms in total. The van der Waals surface area contributed by atoms with E-state index < -0.39 is 11.9 Å². The molecular weight excluding hydrogens is 837 g/mol. The standard InChI is InChI=1S/C55H75N4O6.Mg/c1-13-39-34(7)41-29-46-48(38(11)60)36(9)43(57-46)27-42-35(8)40(52(58-42)50-51(55(63)64-12)54(62)49-37(10)44(59-53(49)50)28-45(39)56-41)23-24-47(61)65-26-25-33(6)22-16-21-32(5)20-15-19-31(4)18-14-17-30(2)3;/h25,27-32,34-35,39-40,51H,13-24,26H2,1-12H3,(H-,56,57,58,59,60,62);/q-1;+2/p-1.